The van der Waals surface area contributed by atoms with E-state index in [2.05, 4.69) is 57.3 Å². The van der Waals surface area contributed by atoms with Crippen LogP contribution in [-0.2, 0) is 6.42 Å². The van der Waals surface area contributed by atoms with Crippen molar-refractivity contribution in [1.29, 1.82) is 0 Å². The van der Waals surface area contributed by atoms with Gasteiger partial charge in [-0.15, -0.1) is 0 Å². The highest BCUT2D eigenvalue weighted by Gasteiger charge is 2.13. The highest BCUT2D eigenvalue weighted by atomic mass is 15.3. The second-order valence-electron chi connectivity index (χ2n) is 5.87. The predicted molar refractivity (Wildman–Crippen MR) is 77.9 cm³/mol. The predicted octanol–water partition coefficient (Wildman–Crippen LogP) is 3.42. The lowest BCUT2D eigenvalue weighted by molar-refractivity contribution is 0.410. The van der Waals surface area contributed by atoms with Crippen molar-refractivity contribution in [2.75, 3.05) is 6.54 Å². The summed E-state index contributed by atoms with van der Waals surface area (Å²) >= 11 is 0. The second-order valence-corrected chi connectivity index (χ2v) is 5.87. The lowest BCUT2D eigenvalue weighted by Gasteiger charge is -2.19. The number of aromatic nitrogens is 2. The van der Waals surface area contributed by atoms with Gasteiger partial charge in [-0.25, -0.2) is 0 Å². The topological polar surface area (TPSA) is 29.9 Å². The van der Waals surface area contributed by atoms with Crippen LogP contribution in [0.25, 0.3) is 0 Å². The molecular weight excluding hydrogens is 222 g/mol. The fourth-order valence-electron chi connectivity index (χ4n) is 2.18. The zero-order valence-corrected chi connectivity index (χ0v) is 12.6. The summed E-state index contributed by atoms with van der Waals surface area (Å²) in [6.07, 6.45) is 5.54. The van der Waals surface area contributed by atoms with Crippen LogP contribution in [0.3, 0.4) is 0 Å². The van der Waals surface area contributed by atoms with E-state index in [1.807, 2.05) is 4.68 Å². The first kappa shape index (κ1) is 15.2. The van der Waals surface area contributed by atoms with Gasteiger partial charge in [0, 0.05) is 24.7 Å². The Labute approximate surface area is 112 Å². The Balaban J connectivity index is 2.57. The Morgan fingerprint density at radius 3 is 2.50 bits per heavy atom. The molecule has 0 aliphatic carbocycles. The van der Waals surface area contributed by atoms with Crippen LogP contribution in [0.2, 0.25) is 0 Å². The van der Waals surface area contributed by atoms with E-state index < -0.39 is 0 Å². The van der Waals surface area contributed by atoms with Gasteiger partial charge in [0.25, 0.3) is 0 Å². The molecule has 0 saturated carbocycles. The van der Waals surface area contributed by atoms with Crippen LogP contribution in [0.4, 0.5) is 0 Å². The lowest BCUT2D eigenvalue weighted by Crippen LogP contribution is -2.33. The zero-order chi connectivity index (χ0) is 13.5. The van der Waals surface area contributed by atoms with Gasteiger partial charge in [-0.3, -0.25) is 4.68 Å². The van der Waals surface area contributed by atoms with Gasteiger partial charge in [0.15, 0.2) is 0 Å². The Hall–Kier alpha value is -0.830. The highest BCUT2D eigenvalue weighted by molar-refractivity contribution is 5.02. The van der Waals surface area contributed by atoms with Crippen molar-refractivity contribution in [2.45, 2.75) is 66.0 Å². The summed E-state index contributed by atoms with van der Waals surface area (Å²) in [7, 11) is 0. The molecule has 3 heteroatoms. The minimum atomic E-state index is 0.450. The van der Waals surface area contributed by atoms with E-state index in [4.69, 9.17) is 0 Å². The summed E-state index contributed by atoms with van der Waals surface area (Å²) in [6, 6.07) is 3.16. The molecule has 1 atom stereocenters. The van der Waals surface area contributed by atoms with E-state index in [1.165, 1.54) is 18.5 Å². The molecule has 0 aliphatic heterocycles. The van der Waals surface area contributed by atoms with Crippen LogP contribution >= 0.6 is 0 Å². The van der Waals surface area contributed by atoms with Crippen LogP contribution < -0.4 is 5.32 Å². The van der Waals surface area contributed by atoms with Crippen molar-refractivity contribution >= 4 is 0 Å². The van der Waals surface area contributed by atoms with Crippen molar-refractivity contribution < 1.29 is 0 Å². The number of nitrogens with zero attached hydrogens (tertiary/aromatic N) is 2. The Morgan fingerprint density at radius 1 is 1.28 bits per heavy atom. The van der Waals surface area contributed by atoms with Gasteiger partial charge < -0.3 is 5.32 Å². The molecule has 1 aromatic rings. The molecule has 3 nitrogen and oxygen atoms in total. The third-order valence-electron chi connectivity index (χ3n) is 3.09. The molecule has 0 saturated heterocycles. The van der Waals surface area contributed by atoms with E-state index in [-0.39, 0.29) is 0 Å². The monoisotopic (exact) mass is 251 g/mol. The maximum atomic E-state index is 4.64. The first-order chi connectivity index (χ1) is 8.52. The van der Waals surface area contributed by atoms with Gasteiger partial charge >= 0.3 is 0 Å². The Kier molecular flexibility index (Phi) is 6.41. The third-order valence-corrected chi connectivity index (χ3v) is 3.09. The molecule has 1 heterocycles. The Morgan fingerprint density at radius 2 is 2.00 bits per heavy atom. The van der Waals surface area contributed by atoms with Crippen LogP contribution in [0.5, 0.6) is 0 Å². The zero-order valence-electron chi connectivity index (χ0n) is 12.6. The number of hydrogen-bond donors (Lipinski definition) is 1. The smallest absolute Gasteiger partial charge is 0.0640 e. The van der Waals surface area contributed by atoms with Crippen LogP contribution in [0.1, 0.15) is 59.2 Å². The average Bonchev–Trinajstić information content (AvgIpc) is 2.73. The quantitative estimate of drug-likeness (QED) is 0.767. The van der Waals surface area contributed by atoms with Gasteiger partial charge in [0.05, 0.1) is 5.69 Å². The van der Waals surface area contributed by atoms with Crippen molar-refractivity contribution in [1.82, 2.24) is 15.1 Å². The summed E-state index contributed by atoms with van der Waals surface area (Å²) in [5.74, 6) is 0.728. The van der Waals surface area contributed by atoms with Crippen molar-refractivity contribution in [3.63, 3.8) is 0 Å². The van der Waals surface area contributed by atoms with Crippen molar-refractivity contribution in [3.8, 4) is 0 Å². The molecule has 0 aromatic carbocycles. The summed E-state index contributed by atoms with van der Waals surface area (Å²) in [4.78, 5) is 0. The standard InChI is InChI=1S/C15H29N3/c1-6-8-16-15(10-12(2)3)11-14-7-9-18(17-14)13(4)5/h7,9,12-13,15-16H,6,8,10-11H2,1-5H3. The third kappa shape index (κ3) is 5.21. The first-order valence-corrected chi connectivity index (χ1v) is 7.30. The molecule has 0 fully saturated rings. The lowest BCUT2D eigenvalue weighted by atomic mass is 10.00. The molecule has 0 amide bonds. The van der Waals surface area contributed by atoms with E-state index in [1.54, 1.807) is 0 Å². The van der Waals surface area contributed by atoms with Gasteiger partial charge in [-0.2, -0.15) is 5.10 Å². The van der Waals surface area contributed by atoms with Crippen LogP contribution in [0.15, 0.2) is 12.3 Å². The molecule has 0 spiro atoms. The molecule has 1 rings (SSSR count). The van der Waals surface area contributed by atoms with Crippen LogP contribution in [0, 0.1) is 5.92 Å². The number of hydrogen-bond acceptors (Lipinski definition) is 2. The van der Waals surface area contributed by atoms with Gasteiger partial charge in [0.2, 0.25) is 0 Å². The molecule has 0 aliphatic rings. The molecular formula is C15H29N3. The van der Waals surface area contributed by atoms with Crippen molar-refractivity contribution in [2.24, 2.45) is 5.92 Å². The summed E-state index contributed by atoms with van der Waals surface area (Å²) in [6.45, 7) is 12.2. The molecule has 0 radical (unpaired) electrons. The SMILES string of the molecule is CCCNC(Cc1ccn(C(C)C)n1)CC(C)C. The fraction of sp³-hybridized carbons (Fsp3) is 0.800. The van der Waals surface area contributed by atoms with Crippen LogP contribution in [-0.4, -0.2) is 22.4 Å². The summed E-state index contributed by atoms with van der Waals surface area (Å²) in [5.41, 5.74) is 1.21. The van der Waals surface area contributed by atoms with Gasteiger partial charge in [-0.1, -0.05) is 20.8 Å². The Bertz CT molecular complexity index is 328. The fourth-order valence-corrected chi connectivity index (χ4v) is 2.18. The largest absolute Gasteiger partial charge is 0.314 e. The van der Waals surface area contributed by atoms with Gasteiger partial charge in [-0.05, 0) is 45.2 Å². The van der Waals surface area contributed by atoms with E-state index >= 15 is 0 Å². The normalized spacial score (nSPS) is 13.5. The molecule has 1 aromatic heterocycles. The molecule has 1 unspecified atom stereocenters. The van der Waals surface area contributed by atoms with Crippen molar-refractivity contribution in [3.05, 3.63) is 18.0 Å². The molecule has 18 heavy (non-hydrogen) atoms. The number of rotatable bonds is 8. The second kappa shape index (κ2) is 7.57. The summed E-state index contributed by atoms with van der Waals surface area (Å²) in [5, 5.41) is 8.28. The van der Waals surface area contributed by atoms with E-state index in [0.29, 0.717) is 12.1 Å². The molecule has 104 valence electrons. The average molecular weight is 251 g/mol. The first-order valence-electron chi connectivity index (χ1n) is 7.30. The molecule has 0 bridgehead atoms. The minimum Gasteiger partial charge on any atom is -0.314 e. The summed E-state index contributed by atoms with van der Waals surface area (Å²) < 4.78 is 2.04. The minimum absolute atomic E-state index is 0.450. The van der Waals surface area contributed by atoms with E-state index in [0.717, 1.165) is 18.9 Å². The highest BCUT2D eigenvalue weighted by Crippen LogP contribution is 2.11. The van der Waals surface area contributed by atoms with E-state index in [9.17, 15) is 0 Å². The van der Waals surface area contributed by atoms with Gasteiger partial charge in [0.1, 0.15) is 0 Å². The number of nitrogens with one attached hydrogen (secondary N) is 1. The molecule has 1 N–H and O–H groups in total. The maximum absolute atomic E-state index is 4.64. The maximum Gasteiger partial charge on any atom is 0.0640 e.